The summed E-state index contributed by atoms with van der Waals surface area (Å²) in [4.78, 5) is 30.2. The summed E-state index contributed by atoms with van der Waals surface area (Å²) in [5, 5.41) is 8.57. The molecule has 0 aliphatic carbocycles. The highest BCUT2D eigenvalue weighted by molar-refractivity contribution is 7.15. The van der Waals surface area contributed by atoms with E-state index in [-0.39, 0.29) is 11.9 Å². The Labute approximate surface area is 198 Å². The van der Waals surface area contributed by atoms with Gasteiger partial charge in [0.1, 0.15) is 11.6 Å². The summed E-state index contributed by atoms with van der Waals surface area (Å²) in [6.07, 6.45) is 6.50. The maximum atomic E-state index is 13.2. The van der Waals surface area contributed by atoms with E-state index in [9.17, 15) is 4.79 Å². The Morgan fingerprint density at radius 2 is 1.91 bits per heavy atom. The molecule has 174 valence electrons. The highest BCUT2D eigenvalue weighted by Gasteiger charge is 2.28. The molecule has 1 aliphatic rings. The van der Waals surface area contributed by atoms with Gasteiger partial charge in [0.25, 0.3) is 0 Å². The first kappa shape index (κ1) is 23.1. The van der Waals surface area contributed by atoms with Crippen molar-refractivity contribution in [2.24, 2.45) is 7.05 Å². The molecule has 4 rings (SSSR count). The van der Waals surface area contributed by atoms with E-state index >= 15 is 0 Å². The van der Waals surface area contributed by atoms with Crippen LogP contribution in [0.5, 0.6) is 0 Å². The second kappa shape index (κ2) is 9.43. The third kappa shape index (κ3) is 4.98. The van der Waals surface area contributed by atoms with Crippen molar-refractivity contribution in [2.75, 3.05) is 11.9 Å². The Morgan fingerprint density at radius 3 is 2.58 bits per heavy atom. The molecular formula is C24H31N7OS. The maximum Gasteiger partial charge on any atom is 0.247 e. The maximum absolute atomic E-state index is 13.2. The van der Waals surface area contributed by atoms with E-state index in [0.29, 0.717) is 11.6 Å². The van der Waals surface area contributed by atoms with Crippen LogP contribution >= 0.6 is 11.3 Å². The largest absolute Gasteiger partial charge is 0.331 e. The lowest BCUT2D eigenvalue weighted by atomic mass is 9.98. The van der Waals surface area contributed by atoms with Crippen LogP contribution in [0, 0.1) is 34.6 Å². The molecule has 4 heterocycles. The van der Waals surface area contributed by atoms with Gasteiger partial charge < -0.3 is 10.2 Å². The number of aryl methyl sites for hydroxylation is 5. The first-order chi connectivity index (χ1) is 15.7. The summed E-state index contributed by atoms with van der Waals surface area (Å²) in [6.45, 7) is 10.6. The monoisotopic (exact) mass is 465 g/mol. The fourth-order valence-electron chi connectivity index (χ4n) is 4.25. The van der Waals surface area contributed by atoms with E-state index in [1.807, 2.05) is 56.5 Å². The minimum absolute atomic E-state index is 0.000648. The molecule has 1 amide bonds. The molecule has 0 spiro atoms. The van der Waals surface area contributed by atoms with Gasteiger partial charge in [0.05, 0.1) is 23.1 Å². The summed E-state index contributed by atoms with van der Waals surface area (Å²) in [5.74, 6) is 1.38. The number of carbonyl (C=O) groups excluding carboxylic acids is 1. The lowest BCUT2D eigenvalue weighted by Gasteiger charge is -2.35. The average molecular weight is 466 g/mol. The van der Waals surface area contributed by atoms with Crippen molar-refractivity contribution in [3.8, 4) is 0 Å². The van der Waals surface area contributed by atoms with Gasteiger partial charge in [-0.25, -0.2) is 15.0 Å². The van der Waals surface area contributed by atoms with Crippen molar-refractivity contribution in [3.05, 3.63) is 51.2 Å². The van der Waals surface area contributed by atoms with Crippen LogP contribution in [-0.4, -0.2) is 42.1 Å². The molecule has 1 atom stereocenters. The van der Waals surface area contributed by atoms with Gasteiger partial charge >= 0.3 is 0 Å². The van der Waals surface area contributed by atoms with Gasteiger partial charge in [-0.1, -0.05) is 0 Å². The van der Waals surface area contributed by atoms with E-state index in [2.05, 4.69) is 27.3 Å². The Balaban J connectivity index is 1.58. The molecule has 3 aromatic heterocycles. The van der Waals surface area contributed by atoms with Gasteiger partial charge in [-0.15, -0.1) is 11.3 Å². The lowest BCUT2D eigenvalue weighted by molar-refractivity contribution is -0.129. The number of rotatable bonds is 5. The summed E-state index contributed by atoms with van der Waals surface area (Å²) in [5.41, 5.74) is 4.84. The Kier molecular flexibility index (Phi) is 6.60. The summed E-state index contributed by atoms with van der Waals surface area (Å²) < 4.78 is 1.84. The third-order valence-electron chi connectivity index (χ3n) is 6.21. The average Bonchev–Trinajstić information content (AvgIpc) is 3.21. The highest BCUT2D eigenvalue weighted by atomic mass is 32.1. The molecule has 1 aliphatic heterocycles. The number of amides is 1. The van der Waals surface area contributed by atoms with Crippen LogP contribution in [0.2, 0.25) is 0 Å². The first-order valence-electron chi connectivity index (χ1n) is 11.3. The number of likely N-dealkylation sites (tertiary alicyclic amines) is 1. The minimum atomic E-state index is -0.0750. The molecule has 9 heteroatoms. The van der Waals surface area contributed by atoms with Gasteiger partial charge in [0, 0.05) is 41.9 Å². The zero-order valence-electron chi connectivity index (χ0n) is 20.1. The van der Waals surface area contributed by atoms with Crippen LogP contribution in [0.1, 0.15) is 64.3 Å². The number of hydrogen-bond donors (Lipinski definition) is 1. The molecule has 8 nitrogen and oxygen atoms in total. The number of nitrogens with zero attached hydrogens (tertiary/aromatic N) is 6. The van der Waals surface area contributed by atoms with Crippen molar-refractivity contribution in [1.82, 2.24) is 29.6 Å². The molecular weight excluding hydrogens is 434 g/mol. The summed E-state index contributed by atoms with van der Waals surface area (Å²) in [7, 11) is 1.92. The van der Waals surface area contributed by atoms with Crippen LogP contribution in [0.4, 0.5) is 10.9 Å². The van der Waals surface area contributed by atoms with Crippen LogP contribution in [0.15, 0.2) is 12.1 Å². The van der Waals surface area contributed by atoms with Gasteiger partial charge in [-0.3, -0.25) is 9.48 Å². The van der Waals surface area contributed by atoms with Crippen molar-refractivity contribution in [3.63, 3.8) is 0 Å². The smallest absolute Gasteiger partial charge is 0.247 e. The number of aromatic nitrogens is 5. The van der Waals surface area contributed by atoms with Crippen LogP contribution in [0.3, 0.4) is 0 Å². The quantitative estimate of drug-likeness (QED) is 0.549. The lowest BCUT2D eigenvalue weighted by Crippen LogP contribution is -2.38. The van der Waals surface area contributed by atoms with Crippen LogP contribution < -0.4 is 5.32 Å². The Hall–Kier alpha value is -3.07. The van der Waals surface area contributed by atoms with Gasteiger partial charge in [-0.2, -0.15) is 5.10 Å². The molecule has 0 saturated carbocycles. The van der Waals surface area contributed by atoms with Crippen molar-refractivity contribution in [2.45, 2.75) is 59.9 Å². The van der Waals surface area contributed by atoms with Gasteiger partial charge in [0.2, 0.25) is 5.91 Å². The number of carbonyl (C=O) groups is 1. The molecule has 3 aromatic rings. The molecule has 0 bridgehead atoms. The molecule has 0 aromatic carbocycles. The molecule has 1 N–H and O–H groups in total. The number of anilines is 2. The van der Waals surface area contributed by atoms with E-state index in [4.69, 9.17) is 4.98 Å². The Bertz CT molecular complexity index is 1190. The Morgan fingerprint density at radius 1 is 1.12 bits per heavy atom. The van der Waals surface area contributed by atoms with E-state index in [0.717, 1.165) is 59.3 Å². The molecule has 0 radical (unpaired) electrons. The van der Waals surface area contributed by atoms with E-state index < -0.39 is 0 Å². The number of hydrogen-bond acceptors (Lipinski definition) is 7. The summed E-state index contributed by atoms with van der Waals surface area (Å²) >= 11 is 1.61. The first-order valence-corrected chi connectivity index (χ1v) is 12.1. The fourth-order valence-corrected chi connectivity index (χ4v) is 5.07. The second-order valence-corrected chi connectivity index (χ2v) is 9.80. The zero-order chi connectivity index (χ0) is 23.7. The zero-order valence-corrected chi connectivity index (χ0v) is 21.0. The predicted molar refractivity (Wildman–Crippen MR) is 132 cm³/mol. The number of piperidine rings is 1. The van der Waals surface area contributed by atoms with Crippen molar-refractivity contribution in [1.29, 1.82) is 0 Å². The van der Waals surface area contributed by atoms with Crippen LogP contribution in [0.25, 0.3) is 6.08 Å². The third-order valence-corrected chi connectivity index (χ3v) is 7.19. The highest BCUT2D eigenvalue weighted by Crippen LogP contribution is 2.32. The minimum Gasteiger partial charge on any atom is -0.331 e. The van der Waals surface area contributed by atoms with E-state index in [1.54, 1.807) is 17.4 Å². The van der Waals surface area contributed by atoms with Crippen molar-refractivity contribution < 1.29 is 4.79 Å². The predicted octanol–water partition coefficient (Wildman–Crippen LogP) is 4.72. The molecule has 1 saturated heterocycles. The summed E-state index contributed by atoms with van der Waals surface area (Å²) in [6, 6.07) is 1.88. The van der Waals surface area contributed by atoms with Crippen LogP contribution in [-0.2, 0) is 11.8 Å². The molecule has 1 fully saturated rings. The SMILES string of the molecule is Cc1nc(Nc2nc(C)c(C)s2)cc([C@@H]2CCCCN2C(=O)/C=C/c2c(C)nn(C)c2C)n1. The molecule has 0 unspecified atom stereocenters. The molecule has 33 heavy (non-hydrogen) atoms. The van der Waals surface area contributed by atoms with Crippen molar-refractivity contribution >= 4 is 34.3 Å². The fraction of sp³-hybridized carbons (Fsp3) is 0.458. The van der Waals surface area contributed by atoms with Gasteiger partial charge in [-0.05, 0) is 60.0 Å². The topological polar surface area (TPSA) is 88.8 Å². The van der Waals surface area contributed by atoms with E-state index in [1.165, 1.54) is 4.88 Å². The van der Waals surface area contributed by atoms with Gasteiger partial charge in [0.15, 0.2) is 5.13 Å². The number of nitrogens with one attached hydrogen (secondary N) is 1. The normalized spacial score (nSPS) is 16.5. The standard InChI is InChI=1S/C24H31N7OS/c1-14-17(4)33-24(25-14)28-22-13-20(26-18(5)27-22)21-9-7-8-12-31(21)23(32)11-10-19-15(2)29-30(6)16(19)3/h10-11,13,21H,7-9,12H2,1-6H3,(H,25,26,27,28)/b11-10+/t21-/m0/s1. The second-order valence-electron chi connectivity index (χ2n) is 8.60. The number of thiazole rings is 1.